The Balaban J connectivity index is 1.44. The Hall–Kier alpha value is -3.29. The number of hydrogen-bond donors (Lipinski definition) is 0. The molecule has 2 aromatic heterocycles. The SMILES string of the molecule is CC(C)C(C(=O)N1CCCC(c2nc3ccccc3o2)C1)n1cnc2cc(F)c(F)cc21. The molecule has 5 rings (SSSR count). The van der Waals surface area contributed by atoms with Crippen molar-refractivity contribution in [3.63, 3.8) is 0 Å². The normalized spacial score (nSPS) is 18.0. The molecule has 3 heterocycles. The average Bonchev–Trinajstić information content (AvgIpc) is 3.39. The van der Waals surface area contributed by atoms with Gasteiger partial charge < -0.3 is 13.9 Å². The lowest BCUT2D eigenvalue weighted by Gasteiger charge is -2.35. The lowest BCUT2D eigenvalue weighted by Crippen LogP contribution is -2.44. The number of hydrogen-bond acceptors (Lipinski definition) is 4. The van der Waals surface area contributed by atoms with Gasteiger partial charge in [0.05, 0.1) is 23.3 Å². The van der Waals surface area contributed by atoms with Crippen LogP contribution >= 0.6 is 0 Å². The highest BCUT2D eigenvalue weighted by Gasteiger charge is 2.34. The maximum atomic E-state index is 13.9. The molecule has 0 saturated carbocycles. The number of carbonyl (C=O) groups is 1. The van der Waals surface area contributed by atoms with E-state index in [4.69, 9.17) is 4.42 Å². The van der Waals surface area contributed by atoms with E-state index in [-0.39, 0.29) is 17.7 Å². The summed E-state index contributed by atoms with van der Waals surface area (Å²) in [6.07, 6.45) is 3.22. The molecule has 1 aliphatic heterocycles. The molecule has 32 heavy (non-hydrogen) atoms. The summed E-state index contributed by atoms with van der Waals surface area (Å²) >= 11 is 0. The van der Waals surface area contributed by atoms with E-state index in [0.717, 1.165) is 36.1 Å². The van der Waals surface area contributed by atoms with Crippen LogP contribution in [0.25, 0.3) is 22.1 Å². The van der Waals surface area contributed by atoms with E-state index in [9.17, 15) is 13.6 Å². The third-order valence-corrected chi connectivity index (χ3v) is 6.19. The fourth-order valence-electron chi connectivity index (χ4n) is 4.60. The number of oxazole rings is 1. The van der Waals surface area contributed by atoms with Crippen molar-refractivity contribution < 1.29 is 18.0 Å². The minimum absolute atomic E-state index is 0.0129. The Bertz CT molecular complexity index is 1260. The molecule has 0 N–H and O–H groups in total. The number of imidazole rings is 1. The number of para-hydroxylation sites is 2. The van der Waals surface area contributed by atoms with Crippen LogP contribution in [0.15, 0.2) is 47.1 Å². The lowest BCUT2D eigenvalue weighted by molar-refractivity contribution is -0.137. The van der Waals surface area contributed by atoms with E-state index in [1.165, 1.54) is 6.33 Å². The first-order valence-electron chi connectivity index (χ1n) is 10.9. The first kappa shape index (κ1) is 20.6. The van der Waals surface area contributed by atoms with Crippen molar-refractivity contribution >= 4 is 28.0 Å². The van der Waals surface area contributed by atoms with Crippen LogP contribution < -0.4 is 0 Å². The van der Waals surface area contributed by atoms with Gasteiger partial charge in [0.1, 0.15) is 11.6 Å². The predicted molar refractivity (Wildman–Crippen MR) is 116 cm³/mol. The summed E-state index contributed by atoms with van der Waals surface area (Å²) in [6, 6.07) is 9.22. The van der Waals surface area contributed by atoms with E-state index < -0.39 is 17.7 Å². The molecule has 2 atom stereocenters. The Morgan fingerprint density at radius 2 is 1.94 bits per heavy atom. The van der Waals surface area contributed by atoms with Gasteiger partial charge in [-0.15, -0.1) is 0 Å². The predicted octanol–water partition coefficient (Wildman–Crippen LogP) is 5.06. The summed E-state index contributed by atoms with van der Waals surface area (Å²) in [5, 5.41) is 0. The van der Waals surface area contributed by atoms with Gasteiger partial charge in [0.15, 0.2) is 23.1 Å². The maximum Gasteiger partial charge on any atom is 0.245 e. The van der Waals surface area contributed by atoms with Gasteiger partial charge in [-0.3, -0.25) is 4.79 Å². The standard InChI is InChI=1S/C24H24F2N4O2/c1-14(2)22(30-13-27-19-10-16(25)17(26)11-20(19)30)24(31)29-9-5-6-15(12-29)23-28-18-7-3-4-8-21(18)32-23/h3-4,7-8,10-11,13-15,22H,5-6,9,12H2,1-2H3. The molecular formula is C24H24F2N4O2. The number of amides is 1. The van der Waals surface area contributed by atoms with Crippen LogP contribution in [0, 0.1) is 17.6 Å². The van der Waals surface area contributed by atoms with Gasteiger partial charge in [-0.25, -0.2) is 18.7 Å². The topological polar surface area (TPSA) is 64.2 Å². The van der Waals surface area contributed by atoms with Crippen LogP contribution in [0.2, 0.25) is 0 Å². The van der Waals surface area contributed by atoms with Gasteiger partial charge in [0, 0.05) is 25.2 Å². The number of piperidine rings is 1. The molecule has 0 bridgehead atoms. The van der Waals surface area contributed by atoms with Crippen molar-refractivity contribution in [2.24, 2.45) is 5.92 Å². The van der Waals surface area contributed by atoms with Crippen molar-refractivity contribution in [2.75, 3.05) is 13.1 Å². The molecule has 1 amide bonds. The highest BCUT2D eigenvalue weighted by molar-refractivity contribution is 5.84. The molecule has 4 aromatic rings. The number of carbonyl (C=O) groups excluding carboxylic acids is 1. The van der Waals surface area contributed by atoms with Gasteiger partial charge in [0.2, 0.25) is 5.91 Å². The second-order valence-corrected chi connectivity index (χ2v) is 8.74. The fourth-order valence-corrected chi connectivity index (χ4v) is 4.60. The smallest absolute Gasteiger partial charge is 0.245 e. The van der Waals surface area contributed by atoms with Crippen LogP contribution in [0.5, 0.6) is 0 Å². The summed E-state index contributed by atoms with van der Waals surface area (Å²) in [5.41, 5.74) is 2.28. The van der Waals surface area contributed by atoms with Gasteiger partial charge in [-0.05, 0) is 30.9 Å². The first-order chi connectivity index (χ1) is 15.4. The lowest BCUT2D eigenvalue weighted by atomic mass is 9.95. The molecular weight excluding hydrogens is 414 g/mol. The number of benzene rings is 2. The highest BCUT2D eigenvalue weighted by atomic mass is 19.2. The molecule has 2 unspecified atom stereocenters. The number of rotatable bonds is 4. The summed E-state index contributed by atoms with van der Waals surface area (Å²) in [5.74, 6) is -1.38. The van der Waals surface area contributed by atoms with Gasteiger partial charge >= 0.3 is 0 Å². The summed E-state index contributed by atoms with van der Waals surface area (Å²) in [4.78, 5) is 24.3. The van der Waals surface area contributed by atoms with Crippen molar-refractivity contribution in [2.45, 2.75) is 38.6 Å². The van der Waals surface area contributed by atoms with Crippen LogP contribution in [0.3, 0.4) is 0 Å². The minimum Gasteiger partial charge on any atom is -0.440 e. The molecule has 8 heteroatoms. The Morgan fingerprint density at radius 1 is 1.16 bits per heavy atom. The Morgan fingerprint density at radius 3 is 2.72 bits per heavy atom. The summed E-state index contributed by atoms with van der Waals surface area (Å²) < 4.78 is 35.2. The van der Waals surface area contributed by atoms with Crippen molar-refractivity contribution in [1.82, 2.24) is 19.4 Å². The number of nitrogens with zero attached hydrogens (tertiary/aromatic N) is 4. The van der Waals surface area contributed by atoms with E-state index in [0.29, 0.717) is 30.0 Å². The molecule has 166 valence electrons. The fraction of sp³-hybridized carbons (Fsp3) is 0.375. The molecule has 0 aliphatic carbocycles. The monoisotopic (exact) mass is 438 g/mol. The van der Waals surface area contributed by atoms with Crippen molar-refractivity contribution in [1.29, 1.82) is 0 Å². The highest BCUT2D eigenvalue weighted by Crippen LogP contribution is 2.32. The first-order valence-corrected chi connectivity index (χ1v) is 10.9. The zero-order valence-electron chi connectivity index (χ0n) is 18.0. The molecule has 6 nitrogen and oxygen atoms in total. The largest absolute Gasteiger partial charge is 0.440 e. The molecule has 1 fully saturated rings. The van der Waals surface area contributed by atoms with E-state index >= 15 is 0 Å². The Labute approximate surface area is 183 Å². The maximum absolute atomic E-state index is 13.9. The van der Waals surface area contributed by atoms with Gasteiger partial charge in [0.25, 0.3) is 0 Å². The third kappa shape index (κ3) is 3.53. The number of aromatic nitrogens is 3. The summed E-state index contributed by atoms with van der Waals surface area (Å²) in [6.45, 7) is 5.02. The van der Waals surface area contributed by atoms with Gasteiger partial charge in [-0.1, -0.05) is 26.0 Å². The zero-order chi connectivity index (χ0) is 22.4. The van der Waals surface area contributed by atoms with Crippen LogP contribution in [-0.4, -0.2) is 38.4 Å². The number of halogens is 2. The molecule has 0 radical (unpaired) electrons. The molecule has 1 aliphatic rings. The second-order valence-electron chi connectivity index (χ2n) is 8.74. The zero-order valence-corrected chi connectivity index (χ0v) is 18.0. The molecule has 0 spiro atoms. The minimum atomic E-state index is -0.955. The van der Waals surface area contributed by atoms with Crippen molar-refractivity contribution in [3.05, 3.63) is 60.3 Å². The third-order valence-electron chi connectivity index (χ3n) is 6.19. The van der Waals surface area contributed by atoms with Crippen LogP contribution in [-0.2, 0) is 4.79 Å². The summed E-state index contributed by atoms with van der Waals surface area (Å²) in [7, 11) is 0. The quantitative estimate of drug-likeness (QED) is 0.447. The van der Waals surface area contributed by atoms with E-state index in [1.54, 1.807) is 4.57 Å². The van der Waals surface area contributed by atoms with E-state index in [1.807, 2.05) is 43.0 Å². The van der Waals surface area contributed by atoms with Crippen LogP contribution in [0.4, 0.5) is 8.78 Å². The van der Waals surface area contributed by atoms with Crippen LogP contribution in [0.1, 0.15) is 44.5 Å². The molecule has 2 aromatic carbocycles. The van der Waals surface area contributed by atoms with Gasteiger partial charge in [-0.2, -0.15) is 0 Å². The Kier molecular flexibility index (Phi) is 5.15. The number of fused-ring (bicyclic) bond motifs is 2. The van der Waals surface area contributed by atoms with Crippen molar-refractivity contribution in [3.8, 4) is 0 Å². The molecule has 1 saturated heterocycles. The van der Waals surface area contributed by atoms with E-state index in [2.05, 4.69) is 9.97 Å². The second kappa shape index (κ2) is 8.00. The average molecular weight is 438 g/mol. The number of likely N-dealkylation sites (tertiary alicyclic amines) is 1.